The molecule has 1 fully saturated rings. The van der Waals surface area contributed by atoms with Crippen molar-refractivity contribution in [2.75, 3.05) is 13.2 Å². The first-order chi connectivity index (χ1) is 13.0. The number of pyridine rings is 1. The second kappa shape index (κ2) is 8.18. The molecule has 0 saturated carbocycles. The topological polar surface area (TPSA) is 68.5 Å². The smallest absolute Gasteiger partial charge is 0.265 e. The number of carbonyl (C=O) groups excluding carboxylic acids is 1. The van der Waals surface area contributed by atoms with Gasteiger partial charge in [0.15, 0.2) is 5.78 Å². The summed E-state index contributed by atoms with van der Waals surface area (Å²) >= 11 is 0. The minimum absolute atomic E-state index is 0.208. The number of hydrogen-bond donors (Lipinski definition) is 1. The van der Waals surface area contributed by atoms with Gasteiger partial charge in [0, 0.05) is 18.8 Å². The Kier molecular flexibility index (Phi) is 5.72. The van der Waals surface area contributed by atoms with E-state index in [-0.39, 0.29) is 11.3 Å². The standard InChI is InChI=1S/C22H23NO4/c1-15-12-20(25)21(22(26)23(15)2)19(24)7-6-16-4-3-5-18(13-16)14-17-8-10-27-11-9-17/h3-7,12-14,25H,8-11H2,1-2H3. The average Bonchev–Trinajstić information content (AvgIpc) is 2.66. The zero-order valence-electron chi connectivity index (χ0n) is 15.6. The van der Waals surface area contributed by atoms with E-state index in [0.717, 1.165) is 37.2 Å². The van der Waals surface area contributed by atoms with Crippen LogP contribution in [0, 0.1) is 6.92 Å². The third-order valence-electron chi connectivity index (χ3n) is 4.74. The van der Waals surface area contributed by atoms with Crippen LogP contribution < -0.4 is 5.56 Å². The molecule has 0 radical (unpaired) electrons. The molecular formula is C22H23NO4. The van der Waals surface area contributed by atoms with E-state index < -0.39 is 11.3 Å². The molecule has 0 unspecified atom stereocenters. The third-order valence-corrected chi connectivity index (χ3v) is 4.74. The molecule has 27 heavy (non-hydrogen) atoms. The molecule has 5 heteroatoms. The second-order valence-corrected chi connectivity index (χ2v) is 6.69. The molecule has 1 aromatic carbocycles. The molecule has 0 spiro atoms. The van der Waals surface area contributed by atoms with E-state index in [9.17, 15) is 14.7 Å². The monoisotopic (exact) mass is 365 g/mol. The van der Waals surface area contributed by atoms with Crippen LogP contribution in [0.15, 0.2) is 46.8 Å². The number of aryl methyl sites for hydroxylation is 1. The van der Waals surface area contributed by atoms with Gasteiger partial charge >= 0.3 is 0 Å². The van der Waals surface area contributed by atoms with Crippen molar-refractivity contribution in [1.29, 1.82) is 0 Å². The van der Waals surface area contributed by atoms with Gasteiger partial charge < -0.3 is 14.4 Å². The molecule has 0 atom stereocenters. The average molecular weight is 365 g/mol. The van der Waals surface area contributed by atoms with Gasteiger partial charge in [0.05, 0.1) is 13.2 Å². The highest BCUT2D eigenvalue weighted by molar-refractivity contribution is 6.08. The zero-order valence-corrected chi connectivity index (χ0v) is 15.6. The predicted octanol–water partition coefficient (Wildman–Crippen LogP) is 3.49. The molecule has 0 amide bonds. The Morgan fingerprint density at radius 3 is 2.63 bits per heavy atom. The number of ether oxygens (including phenoxy) is 1. The van der Waals surface area contributed by atoms with Crippen LogP contribution in [0.1, 0.15) is 40.0 Å². The highest BCUT2D eigenvalue weighted by Gasteiger charge is 2.16. The third kappa shape index (κ3) is 4.44. The van der Waals surface area contributed by atoms with Crippen LogP contribution in [0.3, 0.4) is 0 Å². The first-order valence-corrected chi connectivity index (χ1v) is 8.95. The quantitative estimate of drug-likeness (QED) is 0.665. The maximum Gasteiger partial charge on any atom is 0.265 e. The van der Waals surface area contributed by atoms with Gasteiger partial charge in [-0.25, -0.2) is 0 Å². The number of hydrogen-bond acceptors (Lipinski definition) is 4. The minimum Gasteiger partial charge on any atom is -0.507 e. The number of nitrogens with zero attached hydrogens (tertiary/aromatic N) is 1. The summed E-state index contributed by atoms with van der Waals surface area (Å²) in [5.74, 6) is -0.801. The van der Waals surface area contributed by atoms with Crippen LogP contribution in [-0.4, -0.2) is 28.7 Å². The van der Waals surface area contributed by atoms with Crippen molar-refractivity contribution < 1.29 is 14.6 Å². The molecule has 5 nitrogen and oxygen atoms in total. The molecular weight excluding hydrogens is 342 g/mol. The van der Waals surface area contributed by atoms with E-state index >= 15 is 0 Å². The lowest BCUT2D eigenvalue weighted by Gasteiger charge is -2.14. The molecule has 0 aliphatic carbocycles. The molecule has 1 aliphatic heterocycles. The Balaban J connectivity index is 1.82. The van der Waals surface area contributed by atoms with Crippen LogP contribution in [0.25, 0.3) is 12.2 Å². The lowest BCUT2D eigenvalue weighted by molar-refractivity contribution is 0.104. The summed E-state index contributed by atoms with van der Waals surface area (Å²) in [6.45, 7) is 3.22. The summed E-state index contributed by atoms with van der Waals surface area (Å²) in [6, 6.07) is 9.24. The van der Waals surface area contributed by atoms with Crippen molar-refractivity contribution in [3.05, 3.63) is 74.7 Å². The maximum atomic E-state index is 12.4. The van der Waals surface area contributed by atoms with Crippen LogP contribution in [0.2, 0.25) is 0 Å². The number of aromatic nitrogens is 1. The fraction of sp³-hybridized carbons (Fsp3) is 0.273. The number of aromatic hydroxyl groups is 1. The number of benzene rings is 1. The molecule has 3 rings (SSSR count). The summed E-state index contributed by atoms with van der Waals surface area (Å²) < 4.78 is 6.71. The highest BCUT2D eigenvalue weighted by atomic mass is 16.5. The summed E-state index contributed by atoms with van der Waals surface area (Å²) in [6.07, 6.45) is 7.02. The van der Waals surface area contributed by atoms with E-state index in [0.29, 0.717) is 5.69 Å². The number of ketones is 1. The van der Waals surface area contributed by atoms with Gasteiger partial charge in [-0.15, -0.1) is 0 Å². The molecule has 2 heterocycles. The van der Waals surface area contributed by atoms with Gasteiger partial charge in [0.2, 0.25) is 0 Å². The van der Waals surface area contributed by atoms with E-state index in [1.807, 2.05) is 24.3 Å². The lowest BCUT2D eigenvalue weighted by Crippen LogP contribution is -2.25. The van der Waals surface area contributed by atoms with Crippen molar-refractivity contribution in [3.63, 3.8) is 0 Å². The summed E-state index contributed by atoms with van der Waals surface area (Å²) in [7, 11) is 1.57. The van der Waals surface area contributed by atoms with Crippen molar-refractivity contribution in [2.24, 2.45) is 7.05 Å². The number of allylic oxidation sites excluding steroid dienone is 1. The first-order valence-electron chi connectivity index (χ1n) is 8.95. The zero-order chi connectivity index (χ0) is 19.4. The Bertz CT molecular complexity index is 974. The van der Waals surface area contributed by atoms with Crippen molar-refractivity contribution in [2.45, 2.75) is 19.8 Å². The van der Waals surface area contributed by atoms with Crippen molar-refractivity contribution in [3.8, 4) is 5.75 Å². The SMILES string of the molecule is Cc1cc(O)c(C(=O)C=Cc2cccc(C=C3CCOCC3)c2)c(=O)n1C. The van der Waals surface area contributed by atoms with Crippen LogP contribution in [0.5, 0.6) is 5.75 Å². The van der Waals surface area contributed by atoms with Gasteiger partial charge in [-0.1, -0.05) is 35.9 Å². The van der Waals surface area contributed by atoms with Gasteiger partial charge in [-0.2, -0.15) is 0 Å². The molecule has 0 bridgehead atoms. The summed E-state index contributed by atoms with van der Waals surface area (Å²) in [5, 5.41) is 10.0. The van der Waals surface area contributed by atoms with Crippen LogP contribution >= 0.6 is 0 Å². The minimum atomic E-state index is -0.513. The van der Waals surface area contributed by atoms with E-state index in [1.54, 1.807) is 20.0 Å². The first kappa shape index (κ1) is 18.9. The Labute approximate surface area is 158 Å². The fourth-order valence-electron chi connectivity index (χ4n) is 3.06. The largest absolute Gasteiger partial charge is 0.507 e. The molecule has 2 aromatic rings. The maximum absolute atomic E-state index is 12.4. The van der Waals surface area contributed by atoms with Gasteiger partial charge in [-0.05, 0) is 43.0 Å². The summed E-state index contributed by atoms with van der Waals surface area (Å²) in [5.41, 5.74) is 3.15. The number of carbonyl (C=O) groups is 1. The summed E-state index contributed by atoms with van der Waals surface area (Å²) in [4.78, 5) is 24.7. The normalized spacial score (nSPS) is 14.5. The molecule has 1 N–H and O–H groups in total. The Morgan fingerprint density at radius 2 is 1.89 bits per heavy atom. The predicted molar refractivity (Wildman–Crippen MR) is 106 cm³/mol. The molecule has 1 saturated heterocycles. The van der Waals surface area contributed by atoms with Crippen LogP contribution in [0.4, 0.5) is 0 Å². The van der Waals surface area contributed by atoms with Crippen molar-refractivity contribution in [1.82, 2.24) is 4.57 Å². The van der Waals surface area contributed by atoms with E-state index in [1.165, 1.54) is 22.3 Å². The van der Waals surface area contributed by atoms with Crippen LogP contribution in [-0.2, 0) is 11.8 Å². The molecule has 140 valence electrons. The second-order valence-electron chi connectivity index (χ2n) is 6.69. The number of rotatable bonds is 4. The molecule has 1 aromatic heterocycles. The van der Waals surface area contributed by atoms with Gasteiger partial charge in [-0.3, -0.25) is 9.59 Å². The van der Waals surface area contributed by atoms with Gasteiger partial charge in [0.1, 0.15) is 11.3 Å². The van der Waals surface area contributed by atoms with E-state index in [4.69, 9.17) is 4.74 Å². The van der Waals surface area contributed by atoms with E-state index in [2.05, 4.69) is 6.08 Å². The Hall–Kier alpha value is -2.92. The lowest BCUT2D eigenvalue weighted by atomic mass is 10.0. The Morgan fingerprint density at radius 1 is 1.19 bits per heavy atom. The van der Waals surface area contributed by atoms with Gasteiger partial charge in [0.25, 0.3) is 5.56 Å². The fourth-order valence-corrected chi connectivity index (χ4v) is 3.06. The molecule has 1 aliphatic rings. The highest BCUT2D eigenvalue weighted by Crippen LogP contribution is 2.19. The van der Waals surface area contributed by atoms with Crippen molar-refractivity contribution >= 4 is 17.9 Å².